The quantitative estimate of drug-likeness (QED) is 0.0304. The summed E-state index contributed by atoms with van der Waals surface area (Å²) in [5.41, 5.74) is -4.31. The Morgan fingerprint density at radius 2 is 1.20 bits per heavy atom. The highest BCUT2D eigenvalue weighted by Crippen LogP contribution is 2.45. The lowest BCUT2D eigenvalue weighted by Gasteiger charge is -2.38. The highest BCUT2D eigenvalue weighted by atomic mass is 32.2. The van der Waals surface area contributed by atoms with Crippen molar-refractivity contribution in [3.05, 3.63) is 12.7 Å². The molecule has 0 bridgehead atoms. The van der Waals surface area contributed by atoms with E-state index in [1.807, 2.05) is 0 Å². The van der Waals surface area contributed by atoms with Crippen LogP contribution in [-0.2, 0) is 76.4 Å². The summed E-state index contributed by atoms with van der Waals surface area (Å²) in [6.45, 7) is 9.95. The summed E-state index contributed by atoms with van der Waals surface area (Å²) < 4.78 is 29.9. The van der Waals surface area contributed by atoms with Crippen molar-refractivity contribution in [2.24, 2.45) is 22.2 Å². The molecule has 3 atom stereocenters. The van der Waals surface area contributed by atoms with Gasteiger partial charge in [0, 0.05) is 48.3 Å². The van der Waals surface area contributed by atoms with Gasteiger partial charge in [0.05, 0.1) is 55.1 Å². The predicted molar refractivity (Wildman–Crippen MR) is 218 cm³/mol. The Hall–Kier alpha value is -4.46. The Labute approximate surface area is 358 Å². The second-order valence-corrected chi connectivity index (χ2v) is 17.3. The molecule has 0 aliphatic carbocycles. The molecule has 0 aromatic carbocycles. The van der Waals surface area contributed by atoms with Gasteiger partial charge in [0.15, 0.2) is 0 Å². The number of carbonyl (C=O) groups excluding carboxylic acids is 8. The van der Waals surface area contributed by atoms with Crippen molar-refractivity contribution in [1.82, 2.24) is 0 Å². The number of carbonyl (C=O) groups is 10. The van der Waals surface area contributed by atoms with Crippen molar-refractivity contribution in [3.63, 3.8) is 0 Å². The fraction of sp³-hybridized carbons (Fsp3) is 0.700. The number of rotatable bonds is 34. The lowest BCUT2D eigenvalue weighted by Crippen LogP contribution is -2.44. The first-order valence-electron chi connectivity index (χ1n) is 19.2. The summed E-state index contributed by atoms with van der Waals surface area (Å²) in [4.78, 5) is 121. The topological polar surface area (TPSA) is 267 Å². The monoisotopic (exact) mass is 892 g/mol. The first kappa shape index (κ1) is 55.5. The van der Waals surface area contributed by atoms with Gasteiger partial charge in [-0.25, -0.2) is 4.79 Å². The Morgan fingerprint density at radius 3 is 1.75 bits per heavy atom. The van der Waals surface area contributed by atoms with Crippen molar-refractivity contribution in [2.75, 3.05) is 63.2 Å². The van der Waals surface area contributed by atoms with Gasteiger partial charge >= 0.3 is 47.8 Å². The number of Topliss-reactive ketones (excluding diaryl/α,β-unsaturated/α-hetero) is 2. The molecule has 0 aliphatic rings. The van der Waals surface area contributed by atoms with E-state index in [2.05, 4.69) is 6.58 Å². The molecule has 0 saturated carbocycles. The van der Waals surface area contributed by atoms with Gasteiger partial charge in [0.1, 0.15) is 38.0 Å². The van der Waals surface area contributed by atoms with E-state index < -0.39 is 69.9 Å². The molecule has 60 heavy (non-hydrogen) atoms. The number of thioether (sulfide) groups is 2. The first-order valence-corrected chi connectivity index (χ1v) is 21.5. The third kappa shape index (κ3) is 24.0. The molecule has 18 nitrogen and oxygen atoms in total. The van der Waals surface area contributed by atoms with Gasteiger partial charge in [-0.1, -0.05) is 13.5 Å². The minimum atomic E-state index is -1.62. The molecule has 0 fully saturated rings. The van der Waals surface area contributed by atoms with Gasteiger partial charge in [-0.15, -0.1) is 0 Å². The Morgan fingerprint density at radius 1 is 0.650 bits per heavy atom. The van der Waals surface area contributed by atoms with Gasteiger partial charge in [-0.3, -0.25) is 43.2 Å². The van der Waals surface area contributed by atoms with Crippen LogP contribution in [0.25, 0.3) is 0 Å². The van der Waals surface area contributed by atoms with Crippen LogP contribution in [0.1, 0.15) is 92.4 Å². The van der Waals surface area contributed by atoms with Crippen LogP contribution >= 0.6 is 23.5 Å². The van der Waals surface area contributed by atoms with Crippen LogP contribution in [0.3, 0.4) is 0 Å². The Balaban J connectivity index is 4.83. The molecule has 0 aliphatic heterocycles. The predicted octanol–water partition coefficient (Wildman–Crippen LogP) is 4.02. The molecule has 20 heteroatoms. The standard InChI is InChI=1S/C40H60O18S2/c1-8-31(45)54-15-9-10-32(46)55-17-19-58-36(51)38(3,4)24-39(5,35(49)50)25-40(6,37(52)53-7)26-60-21-14-29(42)22-28(41)13-20-59-23-27(2)34(48)57-18-16-56-33(47)12-11-30(43)44/h8,27H,1,9-26H2,2-7H3,(H,43,44)(H,49,50). The van der Waals surface area contributed by atoms with Gasteiger partial charge < -0.3 is 38.6 Å². The number of carboxylic acid groups (broad SMARTS) is 2. The third-order valence-electron chi connectivity index (χ3n) is 8.64. The van der Waals surface area contributed by atoms with E-state index in [1.54, 1.807) is 13.8 Å². The van der Waals surface area contributed by atoms with Gasteiger partial charge in [0.2, 0.25) is 0 Å². The maximum atomic E-state index is 13.0. The van der Waals surface area contributed by atoms with Crippen LogP contribution in [0.15, 0.2) is 12.7 Å². The molecular formula is C40H60O18S2. The molecule has 0 rings (SSSR count). The summed E-state index contributed by atoms with van der Waals surface area (Å²) in [5, 5.41) is 18.9. The fourth-order valence-corrected chi connectivity index (χ4v) is 7.89. The molecule has 0 saturated heterocycles. The number of esters is 6. The number of ketones is 2. The summed E-state index contributed by atoms with van der Waals surface area (Å²) in [5.74, 6) is -6.36. The molecule has 0 amide bonds. The van der Waals surface area contributed by atoms with Gasteiger partial charge in [0.25, 0.3) is 0 Å². The van der Waals surface area contributed by atoms with Gasteiger partial charge in [-0.2, -0.15) is 23.5 Å². The van der Waals surface area contributed by atoms with Crippen LogP contribution in [0.4, 0.5) is 0 Å². The number of hydrogen-bond acceptors (Lipinski definition) is 18. The van der Waals surface area contributed by atoms with E-state index in [-0.39, 0.29) is 114 Å². The number of carboxylic acids is 2. The number of methoxy groups -OCH3 is 1. The van der Waals surface area contributed by atoms with Crippen LogP contribution in [0.5, 0.6) is 0 Å². The molecule has 3 unspecified atom stereocenters. The summed E-state index contributed by atoms with van der Waals surface area (Å²) in [6, 6.07) is 0. The second-order valence-electron chi connectivity index (χ2n) is 15.1. The van der Waals surface area contributed by atoms with Gasteiger partial charge in [-0.05, 0) is 47.0 Å². The number of ether oxygens (including phenoxy) is 6. The third-order valence-corrected chi connectivity index (χ3v) is 11.2. The fourth-order valence-electron chi connectivity index (χ4n) is 5.67. The normalized spacial score (nSPS) is 13.6. The van der Waals surface area contributed by atoms with Crippen molar-refractivity contribution < 1.29 is 86.6 Å². The summed E-state index contributed by atoms with van der Waals surface area (Å²) in [7, 11) is 1.17. The SMILES string of the molecule is C=CC(=O)OCCCC(=O)OCCOC(=O)C(C)(C)CC(C)(CC(C)(CSCCC(=O)CC(=O)CCSCC(C)C(=O)OCCOC(=O)CCC(=O)O)C(=O)OC)C(=O)O. The molecule has 2 N–H and O–H groups in total. The minimum Gasteiger partial charge on any atom is -0.481 e. The molecule has 0 heterocycles. The number of hydrogen-bond donors (Lipinski definition) is 2. The first-order chi connectivity index (χ1) is 28.0. The number of aliphatic carboxylic acids is 2. The zero-order chi connectivity index (χ0) is 45.9. The molecule has 0 aromatic heterocycles. The highest BCUT2D eigenvalue weighted by molar-refractivity contribution is 7.99. The average molecular weight is 893 g/mol. The summed E-state index contributed by atoms with van der Waals surface area (Å²) >= 11 is 2.55. The van der Waals surface area contributed by atoms with Crippen LogP contribution in [0.2, 0.25) is 0 Å². The van der Waals surface area contributed by atoms with E-state index in [9.17, 15) is 53.1 Å². The lowest BCUT2D eigenvalue weighted by molar-refractivity contribution is -0.166. The highest BCUT2D eigenvalue weighted by Gasteiger charge is 2.49. The van der Waals surface area contributed by atoms with Crippen molar-refractivity contribution in [2.45, 2.75) is 92.4 Å². The zero-order valence-electron chi connectivity index (χ0n) is 35.3. The minimum absolute atomic E-state index is 0.00283. The van der Waals surface area contributed by atoms with E-state index in [0.717, 1.165) is 6.08 Å². The zero-order valence-corrected chi connectivity index (χ0v) is 37.0. The van der Waals surface area contributed by atoms with Crippen LogP contribution in [-0.4, -0.2) is 133 Å². The Bertz CT molecular complexity index is 1510. The van der Waals surface area contributed by atoms with E-state index in [4.69, 9.17) is 33.5 Å². The summed E-state index contributed by atoms with van der Waals surface area (Å²) in [6.07, 6.45) is -0.0890. The van der Waals surface area contributed by atoms with E-state index >= 15 is 0 Å². The largest absolute Gasteiger partial charge is 0.481 e. The van der Waals surface area contributed by atoms with Crippen molar-refractivity contribution >= 4 is 82.8 Å². The maximum absolute atomic E-state index is 13.0. The van der Waals surface area contributed by atoms with E-state index in [0.29, 0.717) is 11.5 Å². The van der Waals surface area contributed by atoms with Crippen LogP contribution in [0, 0.1) is 22.2 Å². The molecule has 0 radical (unpaired) electrons. The lowest BCUT2D eigenvalue weighted by atomic mass is 9.66. The van der Waals surface area contributed by atoms with Crippen molar-refractivity contribution in [1.29, 1.82) is 0 Å². The molecule has 0 spiro atoms. The second kappa shape index (κ2) is 28.9. The average Bonchev–Trinajstić information content (AvgIpc) is 3.18. The maximum Gasteiger partial charge on any atom is 0.330 e. The van der Waals surface area contributed by atoms with Crippen LogP contribution < -0.4 is 0 Å². The van der Waals surface area contributed by atoms with Crippen molar-refractivity contribution in [3.8, 4) is 0 Å². The Kier molecular flexibility index (Phi) is 26.8. The smallest absolute Gasteiger partial charge is 0.330 e. The molecular weight excluding hydrogens is 833 g/mol. The molecule has 0 aromatic rings. The van der Waals surface area contributed by atoms with E-state index in [1.165, 1.54) is 51.4 Å². The molecule has 340 valence electrons.